The third-order valence-electron chi connectivity index (χ3n) is 4.89. The first kappa shape index (κ1) is 19.4. The van der Waals surface area contributed by atoms with Gasteiger partial charge >= 0.3 is 11.9 Å². The lowest BCUT2D eigenvalue weighted by Crippen LogP contribution is -2.49. The van der Waals surface area contributed by atoms with Gasteiger partial charge in [0.15, 0.2) is 0 Å². The standard InChI is InChI=1S/C19H28N2O4/c1-14-6-5-9-16(12-21(14)13-18(22)23)20-17(19(24)25)11-10-15-7-3-2-4-8-15/h2-4,7-8,14,16-17,20H,5-6,9-13H2,1H3,(H,22,23)(H,24,25). The summed E-state index contributed by atoms with van der Waals surface area (Å²) in [7, 11) is 0. The number of aliphatic carboxylic acids is 2. The summed E-state index contributed by atoms with van der Waals surface area (Å²) >= 11 is 0. The normalized spacial score (nSPS) is 22.9. The fourth-order valence-corrected chi connectivity index (χ4v) is 3.45. The van der Waals surface area contributed by atoms with Gasteiger partial charge in [-0.15, -0.1) is 0 Å². The molecule has 1 aliphatic heterocycles. The first-order valence-electron chi connectivity index (χ1n) is 8.94. The molecule has 0 bridgehead atoms. The van der Waals surface area contributed by atoms with E-state index >= 15 is 0 Å². The highest BCUT2D eigenvalue weighted by Crippen LogP contribution is 2.18. The van der Waals surface area contributed by atoms with Gasteiger partial charge in [-0.2, -0.15) is 0 Å². The van der Waals surface area contributed by atoms with E-state index in [9.17, 15) is 14.7 Å². The van der Waals surface area contributed by atoms with Gasteiger partial charge in [-0.3, -0.25) is 14.5 Å². The van der Waals surface area contributed by atoms with Gasteiger partial charge in [-0.25, -0.2) is 0 Å². The predicted octanol–water partition coefficient (Wildman–Crippen LogP) is 1.99. The van der Waals surface area contributed by atoms with Gasteiger partial charge in [0.25, 0.3) is 0 Å². The Labute approximate surface area is 148 Å². The first-order valence-corrected chi connectivity index (χ1v) is 8.94. The predicted molar refractivity (Wildman–Crippen MR) is 95.6 cm³/mol. The van der Waals surface area contributed by atoms with E-state index in [1.54, 1.807) is 0 Å². The molecule has 1 heterocycles. The van der Waals surface area contributed by atoms with Crippen LogP contribution in [0.15, 0.2) is 30.3 Å². The third kappa shape index (κ3) is 6.48. The molecule has 3 atom stereocenters. The maximum atomic E-state index is 11.6. The smallest absolute Gasteiger partial charge is 0.320 e. The molecule has 138 valence electrons. The van der Waals surface area contributed by atoms with Crippen LogP contribution in [0.25, 0.3) is 0 Å². The molecular weight excluding hydrogens is 320 g/mol. The van der Waals surface area contributed by atoms with Gasteiger partial charge in [-0.05, 0) is 38.2 Å². The van der Waals surface area contributed by atoms with Crippen LogP contribution in [0.1, 0.15) is 38.2 Å². The van der Waals surface area contributed by atoms with E-state index in [0.717, 1.165) is 24.8 Å². The average Bonchev–Trinajstić information content (AvgIpc) is 2.73. The maximum Gasteiger partial charge on any atom is 0.320 e. The van der Waals surface area contributed by atoms with Gasteiger partial charge in [0.2, 0.25) is 0 Å². The maximum absolute atomic E-state index is 11.6. The molecular formula is C19H28N2O4. The summed E-state index contributed by atoms with van der Waals surface area (Å²) in [5, 5.41) is 21.9. The van der Waals surface area contributed by atoms with E-state index in [2.05, 4.69) is 5.32 Å². The minimum atomic E-state index is -0.849. The van der Waals surface area contributed by atoms with Crippen LogP contribution < -0.4 is 5.32 Å². The number of benzene rings is 1. The van der Waals surface area contributed by atoms with Crippen molar-refractivity contribution >= 4 is 11.9 Å². The van der Waals surface area contributed by atoms with Crippen LogP contribution in [0, 0.1) is 0 Å². The second kappa shape index (κ2) is 9.53. The zero-order chi connectivity index (χ0) is 18.2. The molecule has 3 unspecified atom stereocenters. The third-order valence-corrected chi connectivity index (χ3v) is 4.89. The van der Waals surface area contributed by atoms with E-state index in [4.69, 9.17) is 5.11 Å². The van der Waals surface area contributed by atoms with Crippen molar-refractivity contribution in [3.63, 3.8) is 0 Å². The van der Waals surface area contributed by atoms with Crippen LogP contribution in [0.4, 0.5) is 0 Å². The summed E-state index contributed by atoms with van der Waals surface area (Å²) in [6.45, 7) is 2.61. The largest absolute Gasteiger partial charge is 0.480 e. The molecule has 1 fully saturated rings. The molecule has 0 amide bonds. The number of nitrogens with one attached hydrogen (secondary N) is 1. The summed E-state index contributed by atoms with van der Waals surface area (Å²) < 4.78 is 0. The van der Waals surface area contributed by atoms with Crippen molar-refractivity contribution in [2.45, 2.75) is 57.2 Å². The number of likely N-dealkylation sites (tertiary alicyclic amines) is 1. The molecule has 1 aromatic carbocycles. The summed E-state index contributed by atoms with van der Waals surface area (Å²) in [5.74, 6) is -1.69. The van der Waals surface area contributed by atoms with E-state index in [1.165, 1.54) is 0 Å². The van der Waals surface area contributed by atoms with Gasteiger partial charge < -0.3 is 15.5 Å². The van der Waals surface area contributed by atoms with Gasteiger partial charge in [0.1, 0.15) is 6.04 Å². The molecule has 1 aliphatic rings. The van der Waals surface area contributed by atoms with Gasteiger partial charge in [-0.1, -0.05) is 36.8 Å². The molecule has 6 heteroatoms. The van der Waals surface area contributed by atoms with Gasteiger partial charge in [0, 0.05) is 18.6 Å². The van der Waals surface area contributed by atoms with Crippen molar-refractivity contribution < 1.29 is 19.8 Å². The first-order chi connectivity index (χ1) is 12.0. The fourth-order valence-electron chi connectivity index (χ4n) is 3.45. The SMILES string of the molecule is CC1CCCC(NC(CCc2ccccc2)C(=O)O)CN1CC(=O)O. The topological polar surface area (TPSA) is 89.9 Å². The van der Waals surface area contributed by atoms with Crippen LogP contribution in [0.3, 0.4) is 0 Å². The molecule has 0 spiro atoms. The molecule has 0 saturated carbocycles. The van der Waals surface area contributed by atoms with E-state index < -0.39 is 18.0 Å². The quantitative estimate of drug-likeness (QED) is 0.666. The Hall–Kier alpha value is -1.92. The summed E-state index contributed by atoms with van der Waals surface area (Å²) in [5.41, 5.74) is 1.12. The summed E-state index contributed by atoms with van der Waals surface area (Å²) in [6.07, 6.45) is 4.00. The lowest BCUT2D eigenvalue weighted by atomic mass is 10.0. The fraction of sp³-hybridized carbons (Fsp3) is 0.579. The number of carboxylic acids is 2. The number of hydrogen-bond donors (Lipinski definition) is 3. The minimum Gasteiger partial charge on any atom is -0.480 e. The summed E-state index contributed by atoms with van der Waals surface area (Å²) in [4.78, 5) is 24.6. The molecule has 0 aliphatic carbocycles. The highest BCUT2D eigenvalue weighted by molar-refractivity contribution is 5.73. The zero-order valence-electron chi connectivity index (χ0n) is 14.7. The monoisotopic (exact) mass is 348 g/mol. The second-order valence-electron chi connectivity index (χ2n) is 6.88. The Balaban J connectivity index is 1.94. The van der Waals surface area contributed by atoms with Crippen molar-refractivity contribution in [1.29, 1.82) is 0 Å². The number of hydrogen-bond acceptors (Lipinski definition) is 4. The number of rotatable bonds is 8. The molecule has 0 radical (unpaired) electrons. The van der Waals surface area contributed by atoms with Crippen molar-refractivity contribution in [2.75, 3.05) is 13.1 Å². The van der Waals surface area contributed by atoms with Crippen molar-refractivity contribution in [2.24, 2.45) is 0 Å². The summed E-state index contributed by atoms with van der Waals surface area (Å²) in [6, 6.07) is 9.44. The Kier molecular flexibility index (Phi) is 7.40. The lowest BCUT2D eigenvalue weighted by molar-refractivity contribution is -0.141. The van der Waals surface area contributed by atoms with E-state index in [-0.39, 0.29) is 18.6 Å². The van der Waals surface area contributed by atoms with Crippen molar-refractivity contribution in [1.82, 2.24) is 10.2 Å². The molecule has 6 nitrogen and oxygen atoms in total. The van der Waals surface area contributed by atoms with Crippen LogP contribution in [0.2, 0.25) is 0 Å². The Morgan fingerprint density at radius 2 is 1.96 bits per heavy atom. The van der Waals surface area contributed by atoms with E-state index in [0.29, 0.717) is 19.4 Å². The van der Waals surface area contributed by atoms with Crippen molar-refractivity contribution in [3.8, 4) is 0 Å². The minimum absolute atomic E-state index is 0.00109. The van der Waals surface area contributed by atoms with Crippen LogP contribution in [0.5, 0.6) is 0 Å². The molecule has 0 aromatic heterocycles. The number of nitrogens with zero attached hydrogens (tertiary/aromatic N) is 1. The Morgan fingerprint density at radius 1 is 1.24 bits per heavy atom. The average molecular weight is 348 g/mol. The number of aryl methyl sites for hydroxylation is 1. The van der Waals surface area contributed by atoms with Crippen molar-refractivity contribution in [3.05, 3.63) is 35.9 Å². The molecule has 1 saturated heterocycles. The second-order valence-corrected chi connectivity index (χ2v) is 6.88. The molecule has 3 N–H and O–H groups in total. The molecule has 25 heavy (non-hydrogen) atoms. The highest BCUT2D eigenvalue weighted by Gasteiger charge is 2.28. The van der Waals surface area contributed by atoms with Crippen LogP contribution >= 0.6 is 0 Å². The Bertz CT molecular complexity index is 564. The van der Waals surface area contributed by atoms with Crippen LogP contribution in [-0.4, -0.2) is 58.3 Å². The molecule has 2 rings (SSSR count). The number of carboxylic acid groups (broad SMARTS) is 2. The molecule has 1 aromatic rings. The lowest BCUT2D eigenvalue weighted by Gasteiger charge is -2.29. The highest BCUT2D eigenvalue weighted by atomic mass is 16.4. The zero-order valence-corrected chi connectivity index (χ0v) is 14.7. The Morgan fingerprint density at radius 3 is 2.60 bits per heavy atom. The van der Waals surface area contributed by atoms with Crippen LogP contribution in [-0.2, 0) is 16.0 Å². The van der Waals surface area contributed by atoms with E-state index in [1.807, 2.05) is 42.2 Å². The van der Waals surface area contributed by atoms with Gasteiger partial charge in [0.05, 0.1) is 6.54 Å². The number of carbonyl (C=O) groups is 2.